The quantitative estimate of drug-likeness (QED) is 0.180. The summed E-state index contributed by atoms with van der Waals surface area (Å²) < 4.78 is 21.3. The van der Waals surface area contributed by atoms with Gasteiger partial charge < -0.3 is 54.4 Å². The van der Waals surface area contributed by atoms with Gasteiger partial charge in [0.15, 0.2) is 28.8 Å². The molecule has 1 saturated heterocycles. The van der Waals surface area contributed by atoms with Gasteiger partial charge in [-0.2, -0.15) is 0 Å². The minimum atomic E-state index is -1.79. The highest BCUT2D eigenvalue weighted by atomic mass is 16.7. The summed E-state index contributed by atoms with van der Waals surface area (Å²) in [7, 11) is 0. The van der Waals surface area contributed by atoms with Crippen LogP contribution in [0.25, 0.3) is 22.3 Å². The molecular formula is C23H22O13. The van der Waals surface area contributed by atoms with Crippen molar-refractivity contribution < 1.29 is 59.2 Å². The Morgan fingerprint density at radius 2 is 1.67 bits per heavy atom. The van der Waals surface area contributed by atoms with Crippen molar-refractivity contribution in [1.82, 2.24) is 0 Å². The van der Waals surface area contributed by atoms with E-state index in [-0.39, 0.29) is 28.0 Å². The maximum absolute atomic E-state index is 12.7. The minimum absolute atomic E-state index is 0.0498. The molecule has 13 nitrogen and oxygen atoms in total. The van der Waals surface area contributed by atoms with Crippen LogP contribution in [0.2, 0.25) is 0 Å². The number of aromatic hydroxyl groups is 4. The number of aliphatic hydroxyl groups is 3. The molecule has 4 rings (SSSR count). The first-order chi connectivity index (χ1) is 17.0. The molecule has 2 aromatic carbocycles. The van der Waals surface area contributed by atoms with E-state index in [0.29, 0.717) is 0 Å². The second kappa shape index (κ2) is 9.54. The average Bonchev–Trinajstić information content (AvgIpc) is 2.83. The van der Waals surface area contributed by atoms with Crippen molar-refractivity contribution >= 4 is 16.9 Å². The molecule has 1 aliphatic rings. The lowest BCUT2D eigenvalue weighted by Gasteiger charge is -2.39. The van der Waals surface area contributed by atoms with Gasteiger partial charge in [0.1, 0.15) is 36.6 Å². The smallest absolute Gasteiger partial charge is 0.302 e. The molecule has 0 bridgehead atoms. The lowest BCUT2D eigenvalue weighted by atomic mass is 9.99. The normalized spacial score (nSPS) is 23.9. The van der Waals surface area contributed by atoms with Crippen LogP contribution in [0.4, 0.5) is 0 Å². The van der Waals surface area contributed by atoms with Gasteiger partial charge in [0.05, 0.1) is 5.39 Å². The minimum Gasteiger partial charge on any atom is -0.504 e. The number of aliphatic hydroxyl groups excluding tert-OH is 3. The first-order valence-electron chi connectivity index (χ1n) is 10.5. The van der Waals surface area contributed by atoms with Crippen molar-refractivity contribution in [2.45, 2.75) is 37.6 Å². The third-order valence-electron chi connectivity index (χ3n) is 5.55. The molecule has 1 aromatic heterocycles. The van der Waals surface area contributed by atoms with Gasteiger partial charge in [-0.05, 0) is 24.3 Å². The molecule has 192 valence electrons. The Morgan fingerprint density at radius 3 is 2.33 bits per heavy atom. The van der Waals surface area contributed by atoms with Crippen LogP contribution in [0.15, 0.2) is 39.5 Å². The second-order valence-electron chi connectivity index (χ2n) is 8.06. The Labute approximate surface area is 201 Å². The predicted molar refractivity (Wildman–Crippen MR) is 119 cm³/mol. The zero-order chi connectivity index (χ0) is 26.3. The number of ether oxygens (including phenoxy) is 3. The van der Waals surface area contributed by atoms with E-state index < -0.39 is 71.7 Å². The Morgan fingerprint density at radius 1 is 0.944 bits per heavy atom. The molecular weight excluding hydrogens is 484 g/mol. The molecule has 0 amide bonds. The van der Waals surface area contributed by atoms with Crippen LogP contribution in [0, 0.1) is 0 Å². The molecule has 0 saturated carbocycles. The van der Waals surface area contributed by atoms with Gasteiger partial charge in [0.25, 0.3) is 0 Å². The van der Waals surface area contributed by atoms with E-state index in [1.807, 2.05) is 0 Å². The topological polar surface area (TPSA) is 217 Å². The van der Waals surface area contributed by atoms with Crippen molar-refractivity contribution in [1.29, 1.82) is 0 Å². The third-order valence-corrected chi connectivity index (χ3v) is 5.55. The first kappa shape index (κ1) is 25.1. The highest BCUT2D eigenvalue weighted by molar-refractivity contribution is 5.85. The first-order valence-corrected chi connectivity index (χ1v) is 10.5. The number of esters is 1. The van der Waals surface area contributed by atoms with E-state index in [0.717, 1.165) is 31.2 Å². The Kier molecular flexibility index (Phi) is 6.65. The number of rotatable bonds is 5. The summed E-state index contributed by atoms with van der Waals surface area (Å²) in [5.74, 6) is -3.80. The fourth-order valence-corrected chi connectivity index (χ4v) is 3.63. The molecule has 36 heavy (non-hydrogen) atoms. The van der Waals surface area contributed by atoms with Gasteiger partial charge in [-0.25, -0.2) is 0 Å². The Balaban J connectivity index is 1.70. The number of phenolic OH excluding ortho intramolecular Hbond substituents is 3. The van der Waals surface area contributed by atoms with Gasteiger partial charge >= 0.3 is 5.97 Å². The number of hydrogen-bond acceptors (Lipinski definition) is 13. The SMILES string of the molecule is CC(=O)OCC1OC(Oc2cc3oc(-c4ccc(O)c(O)c4)c(O)c(=O)c3cc2O)C(O)C(O)C1O. The molecule has 5 unspecified atom stereocenters. The van der Waals surface area contributed by atoms with E-state index in [4.69, 9.17) is 18.6 Å². The Bertz CT molecular complexity index is 1360. The van der Waals surface area contributed by atoms with E-state index >= 15 is 0 Å². The molecule has 7 N–H and O–H groups in total. The summed E-state index contributed by atoms with van der Waals surface area (Å²) in [4.78, 5) is 23.8. The summed E-state index contributed by atoms with van der Waals surface area (Å²) in [6, 6.07) is 5.44. The molecule has 13 heteroatoms. The van der Waals surface area contributed by atoms with Crippen molar-refractivity contribution in [3.05, 3.63) is 40.6 Å². The second-order valence-corrected chi connectivity index (χ2v) is 8.06. The van der Waals surface area contributed by atoms with E-state index in [9.17, 15) is 45.3 Å². The van der Waals surface area contributed by atoms with Crippen molar-refractivity contribution in [2.75, 3.05) is 6.61 Å². The highest BCUT2D eigenvalue weighted by Crippen LogP contribution is 2.38. The fraction of sp³-hybridized carbons (Fsp3) is 0.304. The number of benzene rings is 2. The van der Waals surface area contributed by atoms with Crippen LogP contribution in [0.5, 0.6) is 28.7 Å². The van der Waals surface area contributed by atoms with Crippen LogP contribution >= 0.6 is 0 Å². The fourth-order valence-electron chi connectivity index (χ4n) is 3.63. The molecule has 1 aliphatic heterocycles. The number of carbonyl (C=O) groups is 1. The lowest BCUT2D eigenvalue weighted by molar-refractivity contribution is -0.278. The summed E-state index contributed by atoms with van der Waals surface area (Å²) in [6.45, 7) is 0.668. The van der Waals surface area contributed by atoms with Crippen molar-refractivity contribution in [3.8, 4) is 40.1 Å². The summed E-state index contributed by atoms with van der Waals surface area (Å²) in [5.41, 5.74) is -1.06. The molecule has 5 atom stereocenters. The number of phenols is 3. The van der Waals surface area contributed by atoms with E-state index in [2.05, 4.69) is 0 Å². The van der Waals surface area contributed by atoms with Gasteiger partial charge in [0.2, 0.25) is 17.5 Å². The van der Waals surface area contributed by atoms with Crippen LogP contribution < -0.4 is 10.2 Å². The molecule has 3 aromatic rings. The van der Waals surface area contributed by atoms with E-state index in [1.54, 1.807) is 0 Å². The van der Waals surface area contributed by atoms with Crippen LogP contribution in [-0.2, 0) is 14.3 Å². The molecule has 0 aliphatic carbocycles. The third kappa shape index (κ3) is 4.59. The van der Waals surface area contributed by atoms with Gasteiger partial charge in [0, 0.05) is 18.6 Å². The van der Waals surface area contributed by atoms with Gasteiger partial charge in [-0.3, -0.25) is 9.59 Å². The number of hydrogen-bond donors (Lipinski definition) is 7. The summed E-state index contributed by atoms with van der Waals surface area (Å²) in [6.07, 6.45) is -8.08. The van der Waals surface area contributed by atoms with Gasteiger partial charge in [-0.1, -0.05) is 0 Å². The molecule has 0 radical (unpaired) electrons. The van der Waals surface area contributed by atoms with E-state index in [1.165, 1.54) is 6.07 Å². The summed E-state index contributed by atoms with van der Waals surface area (Å²) in [5, 5.41) is 70.3. The van der Waals surface area contributed by atoms with Crippen molar-refractivity contribution in [3.63, 3.8) is 0 Å². The number of fused-ring (bicyclic) bond motifs is 1. The van der Waals surface area contributed by atoms with Crippen LogP contribution in [-0.4, -0.2) is 79.0 Å². The average molecular weight is 506 g/mol. The zero-order valence-electron chi connectivity index (χ0n) is 18.6. The standard InChI is InChI=1S/C23H22O13/c1-8(24)33-7-16-18(29)19(30)21(32)23(36-16)35-15-6-14-10(5-13(15)27)17(28)20(31)22(34-14)9-2-3-11(25)12(26)4-9/h2-6,16,18-19,21,23,25-27,29-32H,7H2,1H3. The van der Waals surface area contributed by atoms with Crippen LogP contribution in [0.3, 0.4) is 0 Å². The Hall–Kier alpha value is -4.04. The highest BCUT2D eigenvalue weighted by Gasteiger charge is 2.45. The van der Waals surface area contributed by atoms with Crippen molar-refractivity contribution in [2.24, 2.45) is 0 Å². The number of carbonyl (C=O) groups excluding carboxylic acids is 1. The summed E-state index contributed by atoms with van der Waals surface area (Å²) >= 11 is 0. The monoisotopic (exact) mass is 506 g/mol. The molecule has 2 heterocycles. The maximum Gasteiger partial charge on any atom is 0.302 e. The molecule has 0 spiro atoms. The maximum atomic E-state index is 12.7. The molecule has 1 fully saturated rings. The van der Waals surface area contributed by atoms with Gasteiger partial charge in [-0.15, -0.1) is 0 Å². The predicted octanol–water partition coefficient (Wildman–Crippen LogP) is 0.0319. The van der Waals surface area contributed by atoms with Crippen LogP contribution in [0.1, 0.15) is 6.92 Å². The largest absolute Gasteiger partial charge is 0.504 e. The zero-order valence-corrected chi connectivity index (χ0v) is 18.6. The lowest BCUT2D eigenvalue weighted by Crippen LogP contribution is -2.60.